The van der Waals surface area contributed by atoms with Crippen LogP contribution in [-0.2, 0) is 16.4 Å². The molecule has 0 fully saturated rings. The van der Waals surface area contributed by atoms with Crippen LogP contribution < -0.4 is 11.4 Å². The van der Waals surface area contributed by atoms with Crippen molar-refractivity contribution < 1.29 is 8.42 Å². The zero-order chi connectivity index (χ0) is 21.6. The maximum absolute atomic E-state index is 12.8. The molecule has 0 aliphatic carbocycles. The number of sulfone groups is 1. The fraction of sp³-hybridized carbons (Fsp3) is 0.0417. The monoisotopic (exact) mass is 429 g/mol. The number of nitrogens with two attached hydrogens (primary N) is 1. The maximum atomic E-state index is 12.8. The molecule has 6 nitrogen and oxygen atoms in total. The number of aromatic nitrogens is 2. The molecule has 31 heavy (non-hydrogen) atoms. The lowest BCUT2D eigenvalue weighted by Gasteiger charge is -2.09. The molecule has 1 aromatic heterocycles. The zero-order valence-electron chi connectivity index (χ0n) is 16.4. The van der Waals surface area contributed by atoms with Crippen molar-refractivity contribution in [1.82, 2.24) is 9.55 Å². The lowest BCUT2D eigenvalue weighted by molar-refractivity contribution is 0.596. The highest BCUT2D eigenvalue weighted by Gasteiger charge is 2.17. The molecule has 4 aromatic carbocycles. The van der Waals surface area contributed by atoms with Gasteiger partial charge in [0.1, 0.15) is 0 Å². The molecule has 0 amide bonds. The van der Waals surface area contributed by atoms with Crippen LogP contribution in [0.3, 0.4) is 0 Å². The van der Waals surface area contributed by atoms with Crippen molar-refractivity contribution in [2.45, 2.75) is 16.3 Å². The largest absolute Gasteiger partial charge is 0.398 e. The molecule has 0 saturated carbocycles. The van der Waals surface area contributed by atoms with Gasteiger partial charge in [-0.1, -0.05) is 54.6 Å². The van der Waals surface area contributed by atoms with Gasteiger partial charge < -0.3 is 10.7 Å². The molecule has 0 atom stereocenters. The molecule has 1 heterocycles. The van der Waals surface area contributed by atoms with Gasteiger partial charge in [-0.3, -0.25) is 4.57 Å². The van der Waals surface area contributed by atoms with E-state index in [1.54, 1.807) is 65.2 Å². The number of hydrogen-bond acceptors (Lipinski definition) is 4. The minimum Gasteiger partial charge on any atom is -0.398 e. The van der Waals surface area contributed by atoms with Crippen molar-refractivity contribution in [2.75, 3.05) is 5.73 Å². The number of aromatic amines is 1. The third-order valence-electron chi connectivity index (χ3n) is 5.43. The van der Waals surface area contributed by atoms with E-state index in [2.05, 4.69) is 4.98 Å². The van der Waals surface area contributed by atoms with E-state index in [-0.39, 0.29) is 15.5 Å². The fourth-order valence-corrected chi connectivity index (χ4v) is 5.18. The maximum Gasteiger partial charge on any atom is 0.326 e. The van der Waals surface area contributed by atoms with Gasteiger partial charge in [0.2, 0.25) is 9.84 Å². The summed E-state index contributed by atoms with van der Waals surface area (Å²) in [6.07, 6.45) is 0. The topological polar surface area (TPSA) is 97.9 Å². The van der Waals surface area contributed by atoms with Crippen LogP contribution in [0.1, 0.15) is 5.56 Å². The van der Waals surface area contributed by atoms with Crippen LogP contribution in [0.5, 0.6) is 0 Å². The molecule has 0 spiro atoms. The Morgan fingerprint density at radius 3 is 2.13 bits per heavy atom. The quantitative estimate of drug-likeness (QED) is 0.423. The minimum absolute atomic E-state index is 0.215. The van der Waals surface area contributed by atoms with E-state index < -0.39 is 9.84 Å². The summed E-state index contributed by atoms with van der Waals surface area (Å²) >= 11 is 0. The molecule has 7 heteroatoms. The molecule has 0 saturated heterocycles. The van der Waals surface area contributed by atoms with Crippen molar-refractivity contribution in [3.05, 3.63) is 101 Å². The summed E-state index contributed by atoms with van der Waals surface area (Å²) < 4.78 is 27.2. The van der Waals surface area contributed by atoms with E-state index in [9.17, 15) is 13.2 Å². The van der Waals surface area contributed by atoms with Crippen LogP contribution in [0, 0.1) is 0 Å². The number of H-pyrrole nitrogens is 1. The van der Waals surface area contributed by atoms with Crippen LogP contribution in [0.25, 0.3) is 21.8 Å². The summed E-state index contributed by atoms with van der Waals surface area (Å²) in [6.45, 7) is 0.304. The average molecular weight is 430 g/mol. The van der Waals surface area contributed by atoms with E-state index in [0.717, 1.165) is 21.9 Å². The molecule has 0 aliphatic rings. The van der Waals surface area contributed by atoms with Crippen molar-refractivity contribution in [2.24, 2.45) is 0 Å². The first-order valence-corrected chi connectivity index (χ1v) is 11.2. The zero-order valence-corrected chi connectivity index (χ0v) is 17.3. The average Bonchev–Trinajstić information content (AvgIpc) is 3.09. The molecule has 0 aliphatic heterocycles. The van der Waals surface area contributed by atoms with Gasteiger partial charge in [-0.15, -0.1) is 0 Å². The van der Waals surface area contributed by atoms with Crippen molar-refractivity contribution in [1.29, 1.82) is 0 Å². The first kappa shape index (κ1) is 19.1. The summed E-state index contributed by atoms with van der Waals surface area (Å²) in [5.41, 5.74) is 8.77. The van der Waals surface area contributed by atoms with Gasteiger partial charge in [0.15, 0.2) is 0 Å². The molecule has 5 aromatic rings. The molecule has 0 radical (unpaired) electrons. The Labute approximate surface area is 178 Å². The number of rotatable bonds is 4. The normalized spacial score (nSPS) is 11.9. The Morgan fingerprint density at radius 1 is 0.806 bits per heavy atom. The molecular weight excluding hydrogens is 410 g/mol. The fourth-order valence-electron chi connectivity index (χ4n) is 3.90. The number of fused-ring (bicyclic) bond motifs is 3. The molecular formula is C24H19N3O3S. The van der Waals surface area contributed by atoms with Crippen molar-refractivity contribution in [3.8, 4) is 0 Å². The molecule has 0 bridgehead atoms. The first-order chi connectivity index (χ1) is 14.9. The van der Waals surface area contributed by atoms with Gasteiger partial charge >= 0.3 is 5.69 Å². The lowest BCUT2D eigenvalue weighted by atomic mass is 10.1. The number of nitrogens with zero attached hydrogens (tertiary/aromatic N) is 1. The summed E-state index contributed by atoms with van der Waals surface area (Å²) in [5, 5.41) is 1.77. The lowest BCUT2D eigenvalue weighted by Crippen LogP contribution is -2.17. The summed E-state index contributed by atoms with van der Waals surface area (Å²) in [6, 6.07) is 24.4. The highest BCUT2D eigenvalue weighted by atomic mass is 32.2. The van der Waals surface area contributed by atoms with Gasteiger partial charge in [-0.2, -0.15) is 0 Å². The predicted molar refractivity (Wildman–Crippen MR) is 122 cm³/mol. The second-order valence-electron chi connectivity index (χ2n) is 7.38. The van der Waals surface area contributed by atoms with Crippen LogP contribution in [0.15, 0.2) is 99.5 Å². The molecule has 5 rings (SSSR count). The van der Waals surface area contributed by atoms with E-state index >= 15 is 0 Å². The number of nitrogens with one attached hydrogen (secondary N) is 1. The second-order valence-corrected chi connectivity index (χ2v) is 9.33. The Morgan fingerprint density at radius 2 is 1.42 bits per heavy atom. The minimum atomic E-state index is -3.58. The summed E-state index contributed by atoms with van der Waals surface area (Å²) in [4.78, 5) is 16.0. The Bertz CT molecular complexity index is 1580. The van der Waals surface area contributed by atoms with Gasteiger partial charge in [0, 0.05) is 16.5 Å². The number of benzene rings is 4. The molecule has 0 unspecified atom stereocenters. The van der Waals surface area contributed by atoms with Crippen LogP contribution in [0.4, 0.5) is 5.69 Å². The van der Waals surface area contributed by atoms with Gasteiger partial charge in [-0.25, -0.2) is 13.2 Å². The standard InChI is InChI=1S/C24H19N3O3S/c25-21-14-22-23(20-9-5-4-8-19(20)21)27(24(28)26-22)15-16-10-12-18(13-11-16)31(29,30)17-6-2-1-3-7-17/h1-14H,15,25H2,(H,26,28). The number of anilines is 1. The highest BCUT2D eigenvalue weighted by Crippen LogP contribution is 2.29. The summed E-state index contributed by atoms with van der Waals surface area (Å²) in [7, 11) is -3.58. The highest BCUT2D eigenvalue weighted by molar-refractivity contribution is 7.91. The Hall–Kier alpha value is -3.84. The van der Waals surface area contributed by atoms with Gasteiger partial charge in [0.05, 0.1) is 27.4 Å². The second kappa shape index (κ2) is 7.14. The van der Waals surface area contributed by atoms with Crippen LogP contribution in [-0.4, -0.2) is 18.0 Å². The molecule has 3 N–H and O–H groups in total. The first-order valence-electron chi connectivity index (χ1n) is 9.74. The van der Waals surface area contributed by atoms with Gasteiger partial charge in [-0.05, 0) is 35.9 Å². The number of imidazole rings is 1. The van der Waals surface area contributed by atoms with E-state index in [1.165, 1.54) is 0 Å². The van der Waals surface area contributed by atoms with E-state index in [4.69, 9.17) is 5.73 Å². The predicted octanol–water partition coefficient (Wildman–Crippen LogP) is 3.95. The number of hydrogen-bond donors (Lipinski definition) is 2. The third kappa shape index (κ3) is 3.19. The van der Waals surface area contributed by atoms with E-state index in [0.29, 0.717) is 17.7 Å². The Balaban J connectivity index is 1.56. The smallest absolute Gasteiger partial charge is 0.326 e. The number of nitrogen functional groups attached to an aromatic ring is 1. The van der Waals surface area contributed by atoms with E-state index in [1.807, 2.05) is 24.3 Å². The summed E-state index contributed by atoms with van der Waals surface area (Å²) in [5.74, 6) is 0. The van der Waals surface area contributed by atoms with Crippen molar-refractivity contribution in [3.63, 3.8) is 0 Å². The third-order valence-corrected chi connectivity index (χ3v) is 7.22. The SMILES string of the molecule is Nc1cc2[nH]c(=O)n(Cc3ccc(S(=O)(=O)c4ccccc4)cc3)c2c2ccccc12. The van der Waals surface area contributed by atoms with Crippen LogP contribution in [0.2, 0.25) is 0 Å². The Kier molecular flexibility index (Phi) is 4.41. The van der Waals surface area contributed by atoms with Crippen LogP contribution >= 0.6 is 0 Å². The molecule has 154 valence electrons. The van der Waals surface area contributed by atoms with Crippen molar-refractivity contribution >= 4 is 37.3 Å². The van der Waals surface area contributed by atoms with Gasteiger partial charge in [0.25, 0.3) is 0 Å².